The molecule has 0 bridgehead atoms. The molecule has 0 radical (unpaired) electrons. The molecule has 20 heavy (non-hydrogen) atoms. The summed E-state index contributed by atoms with van der Waals surface area (Å²) in [7, 11) is 0. The van der Waals surface area contributed by atoms with Crippen LogP contribution in [-0.4, -0.2) is 35.8 Å². The van der Waals surface area contributed by atoms with Gasteiger partial charge in [0.2, 0.25) is 5.91 Å². The number of benzene rings is 1. The van der Waals surface area contributed by atoms with Crippen molar-refractivity contribution in [3.63, 3.8) is 0 Å². The molecule has 0 fully saturated rings. The predicted octanol–water partition coefficient (Wildman–Crippen LogP) is 2.74. The second-order valence-electron chi connectivity index (χ2n) is 5.02. The normalized spacial score (nSPS) is 10.5. The maximum Gasteiger partial charge on any atom is 0.255 e. The molecule has 1 aromatic carbocycles. The fourth-order valence-corrected chi connectivity index (χ4v) is 2.49. The molecule has 0 aliphatic carbocycles. The molecule has 2 amide bonds. The molecule has 4 nitrogen and oxygen atoms in total. The molecule has 0 saturated carbocycles. The number of nitrogens with zero attached hydrogens (tertiary/aromatic N) is 1. The topological polar surface area (TPSA) is 49.4 Å². The smallest absolute Gasteiger partial charge is 0.255 e. The molecular weight excluding hydrogens is 320 g/mol. The average Bonchev–Trinajstić information content (AvgIpc) is 2.34. The zero-order valence-corrected chi connectivity index (χ0v) is 14.0. The van der Waals surface area contributed by atoms with E-state index in [0.29, 0.717) is 12.1 Å². The van der Waals surface area contributed by atoms with Crippen LogP contribution in [0.25, 0.3) is 0 Å². The van der Waals surface area contributed by atoms with Crippen molar-refractivity contribution < 1.29 is 9.59 Å². The van der Waals surface area contributed by atoms with E-state index in [2.05, 4.69) is 21.2 Å². The van der Waals surface area contributed by atoms with Gasteiger partial charge in [-0.15, -0.1) is 0 Å². The standard InChI is InChI=1S/C15H21BrN2O2/c1-5-18(9-14(19)17-10(2)3)15(20)12-7-6-11(4)8-13(12)16/h6-8,10H,5,9H2,1-4H3,(H,17,19). The number of nitrogens with one attached hydrogen (secondary N) is 1. The zero-order chi connectivity index (χ0) is 15.3. The minimum absolute atomic E-state index is 0.0717. The van der Waals surface area contributed by atoms with Crippen molar-refractivity contribution >= 4 is 27.7 Å². The average molecular weight is 341 g/mol. The van der Waals surface area contributed by atoms with Crippen molar-refractivity contribution in [2.75, 3.05) is 13.1 Å². The number of hydrogen-bond acceptors (Lipinski definition) is 2. The van der Waals surface area contributed by atoms with Gasteiger partial charge in [-0.25, -0.2) is 0 Å². The lowest BCUT2D eigenvalue weighted by atomic mass is 10.1. The first kappa shape index (κ1) is 16.7. The first-order valence-corrected chi connectivity index (χ1v) is 7.49. The SMILES string of the molecule is CCN(CC(=O)NC(C)C)C(=O)c1ccc(C)cc1Br. The maximum atomic E-state index is 12.4. The summed E-state index contributed by atoms with van der Waals surface area (Å²) in [5.41, 5.74) is 1.66. The molecule has 5 heteroatoms. The van der Waals surface area contributed by atoms with Gasteiger partial charge < -0.3 is 10.2 Å². The largest absolute Gasteiger partial charge is 0.352 e. The summed E-state index contributed by atoms with van der Waals surface area (Å²) in [5.74, 6) is -0.281. The lowest BCUT2D eigenvalue weighted by Crippen LogP contribution is -2.42. The number of rotatable bonds is 5. The van der Waals surface area contributed by atoms with Crippen molar-refractivity contribution in [3.8, 4) is 0 Å². The Kier molecular flexibility index (Phi) is 6.20. The molecular formula is C15H21BrN2O2. The number of carbonyl (C=O) groups is 2. The Morgan fingerprint density at radius 3 is 2.50 bits per heavy atom. The van der Waals surface area contributed by atoms with Gasteiger partial charge in [0.25, 0.3) is 5.91 Å². The Labute approximate surface area is 128 Å². The van der Waals surface area contributed by atoms with Crippen LogP contribution < -0.4 is 5.32 Å². The van der Waals surface area contributed by atoms with E-state index >= 15 is 0 Å². The first-order valence-electron chi connectivity index (χ1n) is 6.70. The van der Waals surface area contributed by atoms with E-state index in [4.69, 9.17) is 0 Å². The Morgan fingerprint density at radius 1 is 1.35 bits per heavy atom. The quantitative estimate of drug-likeness (QED) is 0.895. The Morgan fingerprint density at radius 2 is 2.00 bits per heavy atom. The van der Waals surface area contributed by atoms with Gasteiger partial charge in [0.15, 0.2) is 0 Å². The number of aryl methyl sites for hydroxylation is 1. The van der Waals surface area contributed by atoms with Crippen LogP contribution in [0.3, 0.4) is 0 Å². The highest BCUT2D eigenvalue weighted by Crippen LogP contribution is 2.20. The van der Waals surface area contributed by atoms with E-state index in [1.54, 1.807) is 6.07 Å². The van der Waals surface area contributed by atoms with Gasteiger partial charge in [0.05, 0.1) is 12.1 Å². The van der Waals surface area contributed by atoms with Gasteiger partial charge in [-0.3, -0.25) is 9.59 Å². The Balaban J connectivity index is 2.84. The van der Waals surface area contributed by atoms with Crippen LogP contribution in [0.2, 0.25) is 0 Å². The summed E-state index contributed by atoms with van der Waals surface area (Å²) in [6.07, 6.45) is 0. The fourth-order valence-electron chi connectivity index (χ4n) is 1.83. The van der Waals surface area contributed by atoms with E-state index in [9.17, 15) is 9.59 Å². The van der Waals surface area contributed by atoms with E-state index in [-0.39, 0.29) is 24.4 Å². The van der Waals surface area contributed by atoms with Crippen molar-refractivity contribution in [1.82, 2.24) is 10.2 Å². The minimum atomic E-state index is -0.140. The molecule has 0 atom stereocenters. The summed E-state index contributed by atoms with van der Waals surface area (Å²) >= 11 is 3.40. The van der Waals surface area contributed by atoms with Crippen molar-refractivity contribution in [2.24, 2.45) is 0 Å². The summed E-state index contributed by atoms with van der Waals surface area (Å²) in [6, 6.07) is 5.64. The summed E-state index contributed by atoms with van der Waals surface area (Å²) in [4.78, 5) is 25.8. The Bertz CT molecular complexity index is 501. The summed E-state index contributed by atoms with van der Waals surface area (Å²) in [5, 5.41) is 2.79. The van der Waals surface area contributed by atoms with Crippen molar-refractivity contribution in [2.45, 2.75) is 33.7 Å². The molecule has 1 aromatic rings. The van der Waals surface area contributed by atoms with Gasteiger partial charge in [-0.05, 0) is 61.3 Å². The van der Waals surface area contributed by atoms with Crippen LogP contribution >= 0.6 is 15.9 Å². The van der Waals surface area contributed by atoms with Crippen molar-refractivity contribution in [3.05, 3.63) is 33.8 Å². The Hall–Kier alpha value is -1.36. The molecule has 1 N–H and O–H groups in total. The summed E-state index contributed by atoms with van der Waals surface area (Å²) < 4.78 is 0.755. The number of carbonyl (C=O) groups excluding carboxylic acids is 2. The highest BCUT2D eigenvalue weighted by atomic mass is 79.9. The third-order valence-corrected chi connectivity index (χ3v) is 3.46. The van der Waals surface area contributed by atoms with Crippen LogP contribution in [0.5, 0.6) is 0 Å². The van der Waals surface area contributed by atoms with Gasteiger partial charge in [0, 0.05) is 17.1 Å². The molecule has 0 aliphatic rings. The van der Waals surface area contributed by atoms with E-state index in [1.807, 2.05) is 39.8 Å². The number of halogens is 1. The molecule has 110 valence electrons. The van der Waals surface area contributed by atoms with Gasteiger partial charge in [-0.1, -0.05) is 6.07 Å². The van der Waals surface area contributed by atoms with Crippen LogP contribution in [0.15, 0.2) is 22.7 Å². The zero-order valence-electron chi connectivity index (χ0n) is 12.4. The molecule has 0 heterocycles. The summed E-state index contributed by atoms with van der Waals surface area (Å²) in [6.45, 7) is 8.19. The highest BCUT2D eigenvalue weighted by molar-refractivity contribution is 9.10. The van der Waals surface area contributed by atoms with Gasteiger partial charge in [-0.2, -0.15) is 0 Å². The highest BCUT2D eigenvalue weighted by Gasteiger charge is 2.19. The number of hydrogen-bond donors (Lipinski definition) is 1. The molecule has 1 rings (SSSR count). The van der Waals surface area contributed by atoms with Crippen LogP contribution in [0.4, 0.5) is 0 Å². The third-order valence-electron chi connectivity index (χ3n) is 2.81. The van der Waals surface area contributed by atoms with Gasteiger partial charge >= 0.3 is 0 Å². The number of amides is 2. The molecule has 0 unspecified atom stereocenters. The van der Waals surface area contributed by atoms with Crippen molar-refractivity contribution in [1.29, 1.82) is 0 Å². The van der Waals surface area contributed by atoms with E-state index < -0.39 is 0 Å². The monoisotopic (exact) mass is 340 g/mol. The minimum Gasteiger partial charge on any atom is -0.352 e. The van der Waals surface area contributed by atoms with E-state index in [1.165, 1.54) is 4.90 Å². The fraction of sp³-hybridized carbons (Fsp3) is 0.467. The molecule has 0 aliphatic heterocycles. The molecule has 0 aromatic heterocycles. The molecule has 0 saturated heterocycles. The predicted molar refractivity (Wildman–Crippen MR) is 83.7 cm³/mol. The van der Waals surface area contributed by atoms with E-state index in [0.717, 1.165) is 10.0 Å². The lowest BCUT2D eigenvalue weighted by Gasteiger charge is -2.22. The van der Waals surface area contributed by atoms with Gasteiger partial charge in [0.1, 0.15) is 0 Å². The lowest BCUT2D eigenvalue weighted by molar-refractivity contribution is -0.122. The molecule has 0 spiro atoms. The third kappa shape index (κ3) is 4.63. The maximum absolute atomic E-state index is 12.4. The number of likely N-dealkylation sites (N-methyl/N-ethyl adjacent to an activating group) is 1. The second kappa shape index (κ2) is 7.43. The first-order chi connectivity index (χ1) is 9.35. The van der Waals surface area contributed by atoms with Crippen LogP contribution in [0.1, 0.15) is 36.7 Å². The second-order valence-corrected chi connectivity index (χ2v) is 5.88. The van der Waals surface area contributed by atoms with Crippen LogP contribution in [-0.2, 0) is 4.79 Å². The van der Waals surface area contributed by atoms with Crippen LogP contribution in [0, 0.1) is 6.92 Å².